The molecular weight excluding hydrogens is 288 g/mol. The first-order chi connectivity index (χ1) is 8.86. The van der Waals surface area contributed by atoms with Gasteiger partial charge in [-0.2, -0.15) is 13.2 Å². The lowest BCUT2D eigenvalue weighted by molar-refractivity contribution is -0.137. The number of hydrogen-bond donors (Lipinski definition) is 3. The Morgan fingerprint density at radius 2 is 2.21 bits per heavy atom. The van der Waals surface area contributed by atoms with Crippen LogP contribution in [0, 0.1) is 0 Å². The van der Waals surface area contributed by atoms with Crippen molar-refractivity contribution >= 4 is 24.9 Å². The molecule has 0 aromatic carbocycles. The molecule has 0 saturated carbocycles. The Kier molecular flexibility index (Phi) is 5.72. The molecule has 0 spiro atoms. The summed E-state index contributed by atoms with van der Waals surface area (Å²) in [4.78, 5) is 13.7. The maximum atomic E-state index is 12.4. The van der Waals surface area contributed by atoms with E-state index in [2.05, 4.69) is 10.2 Å². The number of nitrogens with zero attached hydrogens (tertiary/aromatic N) is 1. The summed E-state index contributed by atoms with van der Waals surface area (Å²) in [6.45, 7) is 0.144. The number of halogens is 3. The van der Waals surface area contributed by atoms with Gasteiger partial charge in [0.05, 0.1) is 18.1 Å². The Labute approximate surface area is 110 Å². The first-order valence-electron chi connectivity index (χ1n) is 5.05. The number of nitrogens with one attached hydrogen (secondary N) is 1. The largest absolute Gasteiger partial charge is 0.476 e. The van der Waals surface area contributed by atoms with E-state index in [0.29, 0.717) is 6.54 Å². The Morgan fingerprint density at radius 1 is 1.53 bits per heavy atom. The van der Waals surface area contributed by atoms with E-state index in [1.807, 2.05) is 0 Å². The van der Waals surface area contributed by atoms with Gasteiger partial charge in [0.15, 0.2) is 10.7 Å². The van der Waals surface area contributed by atoms with Crippen LogP contribution >= 0.6 is 11.3 Å². The van der Waals surface area contributed by atoms with Crippen LogP contribution in [0.5, 0.6) is 0 Å². The van der Waals surface area contributed by atoms with Gasteiger partial charge in [-0.1, -0.05) is 0 Å². The number of rotatable bonds is 7. The third-order valence-corrected chi connectivity index (χ3v) is 2.98. The molecule has 0 atom stereocenters. The molecule has 1 heterocycles. The highest BCUT2D eigenvalue weighted by atomic mass is 32.1. The van der Waals surface area contributed by atoms with Crippen molar-refractivity contribution in [1.29, 1.82) is 0 Å². The molecule has 0 bridgehead atoms. The van der Waals surface area contributed by atoms with Gasteiger partial charge in [0, 0.05) is 6.54 Å². The Bertz CT molecular complexity index is 440. The molecule has 0 saturated heterocycles. The van der Waals surface area contributed by atoms with Crippen LogP contribution in [0.1, 0.15) is 20.4 Å². The highest BCUT2D eigenvalue weighted by Crippen LogP contribution is 2.34. The average Bonchev–Trinajstić information content (AvgIpc) is 2.72. The third kappa shape index (κ3) is 4.78. The molecule has 0 amide bonds. The van der Waals surface area contributed by atoms with E-state index in [0.717, 1.165) is 0 Å². The van der Waals surface area contributed by atoms with Crippen molar-refractivity contribution in [3.05, 3.63) is 15.6 Å². The molecule has 19 heavy (non-hydrogen) atoms. The van der Waals surface area contributed by atoms with Gasteiger partial charge in [0.25, 0.3) is 0 Å². The van der Waals surface area contributed by atoms with E-state index in [1.165, 1.54) is 0 Å². The second-order valence-corrected chi connectivity index (χ2v) is 4.39. The zero-order valence-corrected chi connectivity index (χ0v) is 10.3. The lowest BCUT2D eigenvalue weighted by Crippen LogP contribution is -2.23. The lowest BCUT2D eigenvalue weighted by Gasteiger charge is -2.02. The van der Waals surface area contributed by atoms with Crippen LogP contribution in [-0.4, -0.2) is 41.9 Å². The van der Waals surface area contributed by atoms with Crippen molar-refractivity contribution in [3.8, 4) is 0 Å². The molecule has 11 heteroatoms. The zero-order chi connectivity index (χ0) is 14.5. The SMILES string of the molecule is O=C(O)c1nc(C(F)(F)F)sc1COCCNBO. The second kappa shape index (κ2) is 6.84. The highest BCUT2D eigenvalue weighted by molar-refractivity contribution is 7.12. The van der Waals surface area contributed by atoms with E-state index in [9.17, 15) is 18.0 Å². The minimum absolute atomic E-state index is 0.0937. The summed E-state index contributed by atoms with van der Waals surface area (Å²) in [5, 5.41) is 18.5. The van der Waals surface area contributed by atoms with Crippen LogP contribution < -0.4 is 5.23 Å². The number of carboxylic acid groups (broad SMARTS) is 1. The van der Waals surface area contributed by atoms with E-state index in [-0.39, 0.29) is 37.0 Å². The maximum absolute atomic E-state index is 12.4. The lowest BCUT2D eigenvalue weighted by atomic mass is 10.3. The molecule has 0 aliphatic heterocycles. The average molecular weight is 298 g/mol. The van der Waals surface area contributed by atoms with Crippen LogP contribution in [-0.2, 0) is 17.5 Å². The molecule has 1 aromatic heterocycles. The van der Waals surface area contributed by atoms with Crippen molar-refractivity contribution in [2.24, 2.45) is 0 Å². The van der Waals surface area contributed by atoms with Crippen molar-refractivity contribution in [3.63, 3.8) is 0 Å². The summed E-state index contributed by atoms with van der Waals surface area (Å²) < 4.78 is 42.2. The van der Waals surface area contributed by atoms with Crippen LogP contribution in [0.25, 0.3) is 0 Å². The zero-order valence-electron chi connectivity index (χ0n) is 9.53. The smallest absolute Gasteiger partial charge is 0.443 e. The van der Waals surface area contributed by atoms with Gasteiger partial charge >= 0.3 is 19.8 Å². The van der Waals surface area contributed by atoms with E-state index < -0.39 is 22.8 Å². The van der Waals surface area contributed by atoms with Gasteiger partial charge in [-0.25, -0.2) is 9.78 Å². The number of thiazole rings is 1. The molecule has 1 rings (SSSR count). The fourth-order valence-corrected chi connectivity index (χ4v) is 1.98. The molecule has 3 N–H and O–H groups in total. The van der Waals surface area contributed by atoms with Crippen molar-refractivity contribution in [2.45, 2.75) is 12.8 Å². The summed E-state index contributed by atoms with van der Waals surface area (Å²) in [5.41, 5.74) is -0.646. The summed E-state index contributed by atoms with van der Waals surface area (Å²) in [7, 11) is -0.248. The number of alkyl halides is 3. The summed E-state index contributed by atoms with van der Waals surface area (Å²) in [6, 6.07) is 0. The molecule has 0 aliphatic rings. The predicted molar refractivity (Wildman–Crippen MR) is 61.1 cm³/mol. The van der Waals surface area contributed by atoms with Crippen LogP contribution in [0.2, 0.25) is 0 Å². The van der Waals surface area contributed by atoms with Gasteiger partial charge in [0.1, 0.15) is 0 Å². The fourth-order valence-electron chi connectivity index (χ4n) is 1.13. The normalized spacial score (nSPS) is 11.6. The molecule has 0 radical (unpaired) electrons. The minimum atomic E-state index is -4.68. The fraction of sp³-hybridized carbons (Fsp3) is 0.500. The Hall–Kier alpha value is -1.17. The summed E-state index contributed by atoms with van der Waals surface area (Å²) >= 11 is 0.247. The summed E-state index contributed by atoms with van der Waals surface area (Å²) in [6.07, 6.45) is -4.68. The number of aromatic nitrogens is 1. The van der Waals surface area contributed by atoms with Gasteiger partial charge < -0.3 is 20.1 Å². The third-order valence-electron chi connectivity index (χ3n) is 1.91. The number of carbonyl (C=O) groups is 1. The molecule has 1 aromatic rings. The second-order valence-electron chi connectivity index (χ2n) is 3.30. The van der Waals surface area contributed by atoms with Crippen LogP contribution in [0.15, 0.2) is 0 Å². The number of hydrogen-bond acceptors (Lipinski definition) is 6. The van der Waals surface area contributed by atoms with E-state index in [4.69, 9.17) is 14.9 Å². The highest BCUT2D eigenvalue weighted by Gasteiger charge is 2.37. The van der Waals surface area contributed by atoms with Crippen molar-refractivity contribution in [1.82, 2.24) is 10.2 Å². The first-order valence-corrected chi connectivity index (χ1v) is 5.87. The molecule has 0 unspecified atom stereocenters. The number of carboxylic acids is 1. The van der Waals surface area contributed by atoms with Gasteiger partial charge in [-0.15, -0.1) is 11.3 Å². The number of ether oxygens (including phenoxy) is 1. The van der Waals surface area contributed by atoms with Crippen molar-refractivity contribution < 1.29 is 32.8 Å². The van der Waals surface area contributed by atoms with Gasteiger partial charge in [0.2, 0.25) is 0 Å². The van der Waals surface area contributed by atoms with Crippen LogP contribution in [0.4, 0.5) is 13.2 Å². The monoisotopic (exact) mass is 298 g/mol. The standard InChI is InChI=1S/C8H10BF3N2O4S/c10-8(11,12)7-14-5(6(15)16)4(19-7)3-18-2-1-13-9-17/h9,13,17H,1-3H2,(H,15,16). The maximum Gasteiger partial charge on any atom is 0.443 e. The van der Waals surface area contributed by atoms with E-state index in [1.54, 1.807) is 0 Å². The van der Waals surface area contributed by atoms with Gasteiger partial charge in [-0.3, -0.25) is 0 Å². The minimum Gasteiger partial charge on any atom is -0.476 e. The summed E-state index contributed by atoms with van der Waals surface area (Å²) in [5.74, 6) is -1.53. The quantitative estimate of drug-likeness (QED) is 0.493. The molecule has 106 valence electrons. The van der Waals surface area contributed by atoms with Crippen molar-refractivity contribution in [2.75, 3.05) is 13.2 Å². The van der Waals surface area contributed by atoms with E-state index >= 15 is 0 Å². The first kappa shape index (κ1) is 15.9. The van der Waals surface area contributed by atoms with Crippen LogP contribution in [0.3, 0.4) is 0 Å². The molecule has 0 fully saturated rings. The predicted octanol–water partition coefficient (Wildman–Crippen LogP) is 0.225. The Balaban J connectivity index is 2.70. The number of aromatic carboxylic acids is 1. The Morgan fingerprint density at radius 3 is 2.74 bits per heavy atom. The molecular formula is C8H10BF3N2O4S. The molecule has 6 nitrogen and oxygen atoms in total. The topological polar surface area (TPSA) is 91.7 Å². The molecule has 0 aliphatic carbocycles. The van der Waals surface area contributed by atoms with Gasteiger partial charge in [-0.05, 0) is 0 Å².